The zero-order valence-electron chi connectivity index (χ0n) is 14.7. The maximum atomic E-state index is 15.9. The quantitative estimate of drug-likeness (QED) is 0.662. The van der Waals surface area contributed by atoms with Gasteiger partial charge in [0.2, 0.25) is 9.84 Å². The van der Waals surface area contributed by atoms with Crippen molar-refractivity contribution in [1.29, 1.82) is 0 Å². The number of aliphatic carboxylic acids is 1. The summed E-state index contributed by atoms with van der Waals surface area (Å²) in [5, 5.41) is 7.67. The van der Waals surface area contributed by atoms with Crippen molar-refractivity contribution < 1.29 is 22.7 Å². The summed E-state index contributed by atoms with van der Waals surface area (Å²) in [6, 6.07) is 12.2. The largest absolute Gasteiger partial charge is 0.478 e. The highest BCUT2D eigenvalue weighted by molar-refractivity contribution is 7.93. The van der Waals surface area contributed by atoms with E-state index >= 15 is 4.39 Å². The summed E-state index contributed by atoms with van der Waals surface area (Å²) in [5.74, 6) is -3.20. The highest BCUT2D eigenvalue weighted by Gasteiger charge is 2.59. The van der Waals surface area contributed by atoms with Gasteiger partial charge in [0.1, 0.15) is 0 Å². The third-order valence-electron chi connectivity index (χ3n) is 5.41. The van der Waals surface area contributed by atoms with E-state index in [4.69, 9.17) is 11.6 Å². The van der Waals surface area contributed by atoms with E-state index in [0.29, 0.717) is 17.1 Å². The Hall–Kier alpha value is -2.38. The molecule has 2 N–H and O–H groups in total. The fourth-order valence-electron chi connectivity index (χ4n) is 4.00. The molecule has 0 bridgehead atoms. The minimum atomic E-state index is -4.74. The lowest BCUT2D eigenvalue weighted by Crippen LogP contribution is -2.50. The van der Waals surface area contributed by atoms with Gasteiger partial charge in [0.25, 0.3) is 0 Å². The van der Waals surface area contributed by atoms with Crippen molar-refractivity contribution in [2.75, 3.05) is 0 Å². The molecule has 2 unspecified atom stereocenters. The highest BCUT2D eigenvalue weighted by atomic mass is 35.5. The van der Waals surface area contributed by atoms with E-state index in [0.717, 1.165) is 16.5 Å². The Bertz CT molecular complexity index is 1180. The Labute approximate surface area is 166 Å². The topological polar surface area (TPSA) is 87.2 Å². The minimum Gasteiger partial charge on any atom is -0.478 e. The summed E-state index contributed by atoms with van der Waals surface area (Å²) in [5.41, 5.74) is 2.39. The minimum absolute atomic E-state index is 0.0174. The summed E-state index contributed by atoms with van der Waals surface area (Å²) >= 11 is 6.06. The van der Waals surface area contributed by atoms with Crippen molar-refractivity contribution in [1.82, 2.24) is 4.98 Å². The van der Waals surface area contributed by atoms with Gasteiger partial charge in [-0.15, -0.1) is 0 Å². The van der Waals surface area contributed by atoms with Gasteiger partial charge < -0.3 is 10.1 Å². The van der Waals surface area contributed by atoms with Crippen LogP contribution in [0.3, 0.4) is 0 Å². The van der Waals surface area contributed by atoms with Crippen LogP contribution in [-0.4, -0.2) is 29.5 Å². The number of aromatic amines is 1. The van der Waals surface area contributed by atoms with Crippen LogP contribution in [0.5, 0.6) is 0 Å². The highest BCUT2D eigenvalue weighted by Crippen LogP contribution is 2.43. The third kappa shape index (κ3) is 2.72. The summed E-state index contributed by atoms with van der Waals surface area (Å²) in [6.45, 7) is 0. The number of alkyl halides is 1. The number of halogens is 2. The molecule has 0 saturated carbocycles. The molecule has 1 aliphatic carbocycles. The first-order chi connectivity index (χ1) is 13.2. The number of carboxylic acids is 1. The molecule has 0 amide bonds. The molecular weight excluding hydrogens is 405 g/mol. The van der Waals surface area contributed by atoms with Gasteiger partial charge in [0, 0.05) is 27.5 Å². The smallest absolute Gasteiger partial charge is 0.358 e. The van der Waals surface area contributed by atoms with Crippen molar-refractivity contribution in [2.24, 2.45) is 5.92 Å². The van der Waals surface area contributed by atoms with Gasteiger partial charge in [0.15, 0.2) is 0 Å². The molecule has 5 nitrogen and oxygen atoms in total. The summed E-state index contributed by atoms with van der Waals surface area (Å²) in [6.07, 6.45) is 0.446. The van der Waals surface area contributed by atoms with Crippen LogP contribution in [-0.2, 0) is 27.5 Å². The third-order valence-corrected chi connectivity index (χ3v) is 7.83. The molecule has 1 heterocycles. The van der Waals surface area contributed by atoms with Crippen LogP contribution in [0.1, 0.15) is 17.7 Å². The molecule has 146 valence electrons. The number of nitrogens with one attached hydrogen (secondary N) is 1. The number of H-pyrrole nitrogens is 1. The zero-order valence-corrected chi connectivity index (χ0v) is 16.2. The molecule has 1 aromatic heterocycles. The van der Waals surface area contributed by atoms with Gasteiger partial charge in [-0.25, -0.2) is 17.6 Å². The van der Waals surface area contributed by atoms with E-state index in [-0.39, 0.29) is 17.7 Å². The Kier molecular flexibility index (Phi) is 4.47. The van der Waals surface area contributed by atoms with Crippen molar-refractivity contribution >= 4 is 38.3 Å². The van der Waals surface area contributed by atoms with Gasteiger partial charge in [-0.3, -0.25) is 0 Å². The molecule has 0 fully saturated rings. The van der Waals surface area contributed by atoms with Crippen LogP contribution in [0.4, 0.5) is 4.39 Å². The maximum absolute atomic E-state index is 15.9. The van der Waals surface area contributed by atoms with Crippen LogP contribution in [0, 0.1) is 5.92 Å². The molecule has 0 spiro atoms. The van der Waals surface area contributed by atoms with Crippen molar-refractivity contribution in [3.8, 4) is 0 Å². The Morgan fingerprint density at radius 3 is 2.61 bits per heavy atom. The van der Waals surface area contributed by atoms with Crippen LogP contribution in [0.15, 0.2) is 53.4 Å². The zero-order chi connectivity index (χ0) is 20.1. The molecule has 4 rings (SSSR count). The summed E-state index contributed by atoms with van der Waals surface area (Å²) in [7, 11) is -4.74. The van der Waals surface area contributed by atoms with E-state index in [9.17, 15) is 18.3 Å². The Morgan fingerprint density at radius 1 is 1.21 bits per heavy atom. The molecule has 2 atom stereocenters. The molecule has 28 heavy (non-hydrogen) atoms. The maximum Gasteiger partial charge on any atom is 0.358 e. The van der Waals surface area contributed by atoms with E-state index in [2.05, 4.69) is 4.98 Å². The lowest BCUT2D eigenvalue weighted by Gasteiger charge is -2.32. The average Bonchev–Trinajstić information content (AvgIpc) is 3.04. The lowest BCUT2D eigenvalue weighted by molar-refractivity contribution is -0.148. The number of carboxylic acid groups (broad SMARTS) is 1. The Morgan fingerprint density at radius 2 is 1.93 bits per heavy atom. The SMILES string of the molecule is O=C(O)C(F)(C1CCc2c([nH]c3ccc(Cl)cc23)C1)S(=O)(=O)c1ccccc1. The number of hydrogen-bond donors (Lipinski definition) is 2. The van der Waals surface area contributed by atoms with Crippen LogP contribution >= 0.6 is 11.6 Å². The molecule has 3 aromatic rings. The van der Waals surface area contributed by atoms with Crippen molar-refractivity contribution in [3.05, 3.63) is 64.8 Å². The number of rotatable bonds is 4. The fraction of sp³-hybridized carbons (Fsp3) is 0.250. The first-order valence-corrected chi connectivity index (χ1v) is 10.6. The number of benzene rings is 2. The van der Waals surface area contributed by atoms with Crippen LogP contribution < -0.4 is 0 Å². The lowest BCUT2D eigenvalue weighted by atomic mass is 9.83. The van der Waals surface area contributed by atoms with Gasteiger partial charge in [-0.1, -0.05) is 29.8 Å². The van der Waals surface area contributed by atoms with Crippen molar-refractivity contribution in [2.45, 2.75) is 29.2 Å². The first-order valence-electron chi connectivity index (χ1n) is 8.76. The van der Waals surface area contributed by atoms with E-state index < -0.39 is 26.7 Å². The van der Waals surface area contributed by atoms with E-state index in [1.165, 1.54) is 24.3 Å². The Balaban J connectivity index is 1.78. The predicted octanol–water partition coefficient (Wildman–Crippen LogP) is 4.15. The van der Waals surface area contributed by atoms with Crippen LogP contribution in [0.25, 0.3) is 10.9 Å². The van der Waals surface area contributed by atoms with Crippen LogP contribution in [0.2, 0.25) is 5.02 Å². The van der Waals surface area contributed by atoms with Gasteiger partial charge in [0.05, 0.1) is 4.90 Å². The molecule has 0 radical (unpaired) electrons. The second-order valence-electron chi connectivity index (χ2n) is 6.98. The number of sulfone groups is 1. The molecule has 2 aromatic carbocycles. The number of fused-ring (bicyclic) bond motifs is 3. The van der Waals surface area contributed by atoms with Crippen molar-refractivity contribution in [3.63, 3.8) is 0 Å². The predicted molar refractivity (Wildman–Crippen MR) is 104 cm³/mol. The number of carbonyl (C=O) groups is 1. The monoisotopic (exact) mass is 421 g/mol. The van der Waals surface area contributed by atoms with Gasteiger partial charge in [-0.2, -0.15) is 0 Å². The number of aromatic nitrogens is 1. The normalized spacial score (nSPS) is 19.1. The van der Waals surface area contributed by atoms with Gasteiger partial charge in [-0.05, 0) is 55.2 Å². The summed E-state index contributed by atoms with van der Waals surface area (Å²) < 4.78 is 41.7. The molecule has 0 aliphatic heterocycles. The van der Waals surface area contributed by atoms with E-state index in [1.807, 2.05) is 0 Å². The number of hydrogen-bond acceptors (Lipinski definition) is 3. The van der Waals surface area contributed by atoms with Gasteiger partial charge >= 0.3 is 11.0 Å². The fourth-order valence-corrected chi connectivity index (χ4v) is 5.90. The molecular formula is C20H17ClFNO4S. The second-order valence-corrected chi connectivity index (χ2v) is 9.49. The number of aryl methyl sites for hydroxylation is 1. The molecule has 8 heteroatoms. The first kappa shape index (κ1) is 19.0. The second kappa shape index (κ2) is 6.60. The molecule has 1 aliphatic rings. The van der Waals surface area contributed by atoms with E-state index in [1.54, 1.807) is 24.3 Å². The summed E-state index contributed by atoms with van der Waals surface area (Å²) in [4.78, 5) is 14.7. The molecule has 0 saturated heterocycles. The average molecular weight is 422 g/mol. The standard InChI is InChI=1S/C20H17ClFNO4S/c21-13-7-9-17-16(11-13)15-8-6-12(10-18(15)23-17)20(22,19(24)25)28(26,27)14-4-2-1-3-5-14/h1-5,7,9,11-12,23H,6,8,10H2,(H,24,25).